The summed E-state index contributed by atoms with van der Waals surface area (Å²) in [5.74, 6) is -0.301. The van der Waals surface area contributed by atoms with Crippen LogP contribution in [-0.4, -0.2) is 18.9 Å². The highest BCUT2D eigenvalue weighted by Crippen LogP contribution is 2.49. The number of ether oxygens (including phenoxy) is 1. The molecular weight excluding hydrogens is 264 g/mol. The molecule has 0 heterocycles. The van der Waals surface area contributed by atoms with Crippen molar-refractivity contribution in [1.29, 1.82) is 0 Å². The van der Waals surface area contributed by atoms with Gasteiger partial charge in [-0.05, 0) is 36.8 Å². The van der Waals surface area contributed by atoms with E-state index in [1.54, 1.807) is 0 Å². The number of hydrogen-bond donors (Lipinski definition) is 0. The van der Waals surface area contributed by atoms with Gasteiger partial charge in [0, 0.05) is 12.3 Å². The second kappa shape index (κ2) is 5.47. The highest BCUT2D eigenvalue weighted by molar-refractivity contribution is 6.05. The zero-order valence-corrected chi connectivity index (χ0v) is 12.3. The summed E-state index contributed by atoms with van der Waals surface area (Å²) < 4.78 is 4.97. The Morgan fingerprint density at radius 1 is 1.24 bits per heavy atom. The Hall–Kier alpha value is -1.90. The number of fused-ring (bicyclic) bond motifs is 1. The van der Waals surface area contributed by atoms with E-state index in [1.165, 1.54) is 18.2 Å². The van der Waals surface area contributed by atoms with Crippen LogP contribution in [0.3, 0.4) is 0 Å². The van der Waals surface area contributed by atoms with Gasteiger partial charge in [0.2, 0.25) is 0 Å². The number of ketones is 1. The second-order valence-corrected chi connectivity index (χ2v) is 5.94. The lowest BCUT2D eigenvalue weighted by atomic mass is 9.59. The fraction of sp³-hybridized carbons (Fsp3) is 0.444. The molecule has 0 spiro atoms. The summed E-state index contributed by atoms with van der Waals surface area (Å²) in [7, 11) is 1.38. The fourth-order valence-corrected chi connectivity index (χ4v) is 3.81. The van der Waals surface area contributed by atoms with Crippen molar-refractivity contribution in [2.75, 3.05) is 7.11 Å². The zero-order chi connectivity index (χ0) is 14.9. The van der Waals surface area contributed by atoms with Crippen molar-refractivity contribution < 1.29 is 14.3 Å². The van der Waals surface area contributed by atoms with Crippen LogP contribution < -0.4 is 0 Å². The average molecular weight is 284 g/mol. The minimum atomic E-state index is -0.925. The monoisotopic (exact) mass is 284 g/mol. The standard InChI is InChI=1S/C18H20O3/c1-21-17(20)18-11-10-14(13-6-3-2-4-7-13)12-15(18)8-5-9-16(18)19/h2-4,6-7,12,15H,5,8-11H2,1H3/t15-,18-/m1/s1. The van der Waals surface area contributed by atoms with Gasteiger partial charge in [-0.2, -0.15) is 0 Å². The third-order valence-corrected chi connectivity index (χ3v) is 4.93. The predicted molar refractivity (Wildman–Crippen MR) is 80.5 cm³/mol. The third kappa shape index (κ3) is 2.21. The summed E-state index contributed by atoms with van der Waals surface area (Å²) >= 11 is 0. The van der Waals surface area contributed by atoms with Crippen molar-refractivity contribution in [3.05, 3.63) is 42.0 Å². The molecule has 2 aliphatic carbocycles. The lowest BCUT2D eigenvalue weighted by Gasteiger charge is -2.42. The molecule has 21 heavy (non-hydrogen) atoms. The highest BCUT2D eigenvalue weighted by Gasteiger charge is 2.54. The number of hydrogen-bond acceptors (Lipinski definition) is 3. The summed E-state index contributed by atoms with van der Waals surface area (Å²) in [4.78, 5) is 24.8. The van der Waals surface area contributed by atoms with Crippen LogP contribution in [0.15, 0.2) is 36.4 Å². The van der Waals surface area contributed by atoms with Gasteiger partial charge in [-0.25, -0.2) is 0 Å². The zero-order valence-electron chi connectivity index (χ0n) is 12.3. The molecule has 1 fully saturated rings. The molecule has 0 radical (unpaired) electrons. The highest BCUT2D eigenvalue weighted by atomic mass is 16.5. The summed E-state index contributed by atoms with van der Waals surface area (Å²) in [5, 5.41) is 0. The van der Waals surface area contributed by atoms with Gasteiger partial charge in [0.25, 0.3) is 0 Å². The SMILES string of the molecule is COC(=O)[C@]12CCC(c3ccccc3)=C[C@H]1CCCC2=O. The number of carbonyl (C=O) groups is 2. The maximum Gasteiger partial charge on any atom is 0.319 e. The molecule has 1 saturated carbocycles. The van der Waals surface area contributed by atoms with Gasteiger partial charge in [0.15, 0.2) is 5.78 Å². The lowest BCUT2D eigenvalue weighted by molar-refractivity contribution is -0.163. The summed E-state index contributed by atoms with van der Waals surface area (Å²) in [5.41, 5.74) is 1.51. The molecule has 110 valence electrons. The third-order valence-electron chi connectivity index (χ3n) is 4.93. The quantitative estimate of drug-likeness (QED) is 0.617. The van der Waals surface area contributed by atoms with Gasteiger partial charge < -0.3 is 4.74 Å². The number of carbonyl (C=O) groups excluding carboxylic acids is 2. The van der Waals surface area contributed by atoms with Crippen molar-refractivity contribution in [2.45, 2.75) is 32.1 Å². The Labute approximate surface area is 125 Å². The van der Waals surface area contributed by atoms with E-state index in [0.29, 0.717) is 12.8 Å². The number of Topliss-reactive ketones (excluding diaryl/α,β-unsaturated/α-hetero) is 1. The van der Waals surface area contributed by atoms with Gasteiger partial charge in [-0.3, -0.25) is 9.59 Å². The maximum atomic E-state index is 12.5. The first-order valence-corrected chi connectivity index (χ1v) is 7.56. The van der Waals surface area contributed by atoms with Crippen LogP contribution in [0.5, 0.6) is 0 Å². The maximum absolute atomic E-state index is 12.5. The summed E-state index contributed by atoms with van der Waals surface area (Å²) in [6.45, 7) is 0. The van der Waals surface area contributed by atoms with E-state index in [4.69, 9.17) is 4.74 Å². The first-order chi connectivity index (χ1) is 10.2. The van der Waals surface area contributed by atoms with E-state index in [9.17, 15) is 9.59 Å². The Balaban J connectivity index is 2.00. The first kappa shape index (κ1) is 14.1. The summed E-state index contributed by atoms with van der Waals surface area (Å²) in [6.07, 6.45) is 5.72. The van der Waals surface area contributed by atoms with Gasteiger partial charge >= 0.3 is 5.97 Å². The van der Waals surface area contributed by atoms with Crippen LogP contribution >= 0.6 is 0 Å². The number of esters is 1. The number of methoxy groups -OCH3 is 1. The van der Waals surface area contributed by atoms with Gasteiger partial charge in [0.1, 0.15) is 5.41 Å². The molecule has 2 aliphatic rings. The lowest BCUT2D eigenvalue weighted by Crippen LogP contribution is -2.49. The smallest absolute Gasteiger partial charge is 0.319 e. The normalized spacial score (nSPS) is 28.5. The molecule has 1 aromatic carbocycles. The van der Waals surface area contributed by atoms with Crippen LogP contribution in [0.4, 0.5) is 0 Å². The fourth-order valence-electron chi connectivity index (χ4n) is 3.81. The molecule has 3 rings (SSSR count). The molecular formula is C18H20O3. The van der Waals surface area contributed by atoms with Crippen LogP contribution in [0, 0.1) is 11.3 Å². The van der Waals surface area contributed by atoms with E-state index in [1.807, 2.05) is 18.2 Å². The van der Waals surface area contributed by atoms with Crippen molar-refractivity contribution in [1.82, 2.24) is 0 Å². The van der Waals surface area contributed by atoms with E-state index in [0.717, 1.165) is 19.3 Å². The molecule has 0 aromatic heterocycles. The molecule has 0 unspecified atom stereocenters. The van der Waals surface area contributed by atoms with Gasteiger partial charge in [-0.1, -0.05) is 36.4 Å². The van der Waals surface area contributed by atoms with Gasteiger partial charge in [-0.15, -0.1) is 0 Å². The van der Waals surface area contributed by atoms with Crippen LogP contribution in [0.25, 0.3) is 5.57 Å². The number of rotatable bonds is 2. The van der Waals surface area contributed by atoms with Crippen LogP contribution in [0.1, 0.15) is 37.7 Å². The Kier molecular flexibility index (Phi) is 3.66. The van der Waals surface area contributed by atoms with Crippen LogP contribution in [-0.2, 0) is 14.3 Å². The Bertz CT molecular complexity index is 578. The molecule has 0 N–H and O–H groups in total. The minimum absolute atomic E-state index is 0.0184. The van der Waals surface area contributed by atoms with Crippen molar-refractivity contribution in [3.8, 4) is 0 Å². The van der Waals surface area contributed by atoms with Crippen molar-refractivity contribution in [3.63, 3.8) is 0 Å². The van der Waals surface area contributed by atoms with E-state index < -0.39 is 5.41 Å². The van der Waals surface area contributed by atoms with Crippen LogP contribution in [0.2, 0.25) is 0 Å². The van der Waals surface area contributed by atoms with E-state index >= 15 is 0 Å². The molecule has 0 saturated heterocycles. The molecule has 3 nitrogen and oxygen atoms in total. The number of allylic oxidation sites excluding steroid dienone is 2. The molecule has 2 atom stereocenters. The molecule has 3 heteroatoms. The minimum Gasteiger partial charge on any atom is -0.468 e. The predicted octanol–water partition coefficient (Wildman–Crippen LogP) is 3.39. The molecule has 0 bridgehead atoms. The molecule has 1 aromatic rings. The average Bonchev–Trinajstić information content (AvgIpc) is 2.55. The Morgan fingerprint density at radius 3 is 2.71 bits per heavy atom. The van der Waals surface area contributed by atoms with E-state index in [-0.39, 0.29) is 17.7 Å². The van der Waals surface area contributed by atoms with Gasteiger partial charge in [0.05, 0.1) is 7.11 Å². The number of benzene rings is 1. The summed E-state index contributed by atoms with van der Waals surface area (Å²) in [6, 6.07) is 10.2. The molecule has 0 aliphatic heterocycles. The van der Waals surface area contributed by atoms with E-state index in [2.05, 4.69) is 18.2 Å². The first-order valence-electron chi connectivity index (χ1n) is 7.56. The topological polar surface area (TPSA) is 43.4 Å². The molecule has 0 amide bonds. The second-order valence-electron chi connectivity index (χ2n) is 5.94. The van der Waals surface area contributed by atoms with Crippen molar-refractivity contribution >= 4 is 17.3 Å². The largest absolute Gasteiger partial charge is 0.468 e. The van der Waals surface area contributed by atoms with Crippen molar-refractivity contribution in [2.24, 2.45) is 11.3 Å². The Morgan fingerprint density at radius 2 is 2.00 bits per heavy atom.